The number of carboxylic acids is 1. The Bertz CT molecular complexity index is 927. The monoisotopic (exact) mass is 319 g/mol. The SMILES string of the molecule is C=CCC1(CC(=O)O)CCCc2c1[nH]c1c(C#N)ccc(C#N)c21. The second-order valence-electron chi connectivity index (χ2n) is 6.31. The Morgan fingerprint density at radius 2 is 2.08 bits per heavy atom. The van der Waals surface area contributed by atoms with Crippen LogP contribution in [-0.4, -0.2) is 16.1 Å². The van der Waals surface area contributed by atoms with Crippen LogP contribution in [0.15, 0.2) is 24.8 Å². The summed E-state index contributed by atoms with van der Waals surface area (Å²) in [6, 6.07) is 7.64. The van der Waals surface area contributed by atoms with Crippen LogP contribution < -0.4 is 0 Å². The van der Waals surface area contributed by atoms with Gasteiger partial charge in [-0.3, -0.25) is 4.79 Å². The van der Waals surface area contributed by atoms with Gasteiger partial charge in [0, 0.05) is 16.5 Å². The van der Waals surface area contributed by atoms with E-state index < -0.39 is 11.4 Å². The number of aromatic amines is 1. The second-order valence-corrected chi connectivity index (χ2v) is 6.31. The molecule has 0 spiro atoms. The van der Waals surface area contributed by atoms with E-state index in [0.29, 0.717) is 23.1 Å². The summed E-state index contributed by atoms with van der Waals surface area (Å²) in [5, 5.41) is 29.0. The molecule has 0 aliphatic heterocycles. The Kier molecular flexibility index (Phi) is 3.87. The molecular formula is C19H17N3O2. The van der Waals surface area contributed by atoms with Gasteiger partial charge in [0.25, 0.3) is 0 Å². The number of allylic oxidation sites excluding steroid dienone is 1. The third kappa shape index (κ3) is 2.26. The van der Waals surface area contributed by atoms with Crippen molar-refractivity contribution in [2.75, 3.05) is 0 Å². The third-order valence-electron chi connectivity index (χ3n) is 4.94. The average molecular weight is 319 g/mol. The van der Waals surface area contributed by atoms with Gasteiger partial charge in [-0.1, -0.05) is 6.08 Å². The summed E-state index contributed by atoms with van der Waals surface area (Å²) in [5.41, 5.74) is 2.91. The van der Waals surface area contributed by atoms with Crippen molar-refractivity contribution < 1.29 is 9.90 Å². The molecule has 5 heteroatoms. The molecule has 0 amide bonds. The van der Waals surface area contributed by atoms with Crippen LogP contribution in [0.2, 0.25) is 0 Å². The van der Waals surface area contributed by atoms with Crippen LogP contribution in [0.25, 0.3) is 10.9 Å². The van der Waals surface area contributed by atoms with Crippen LogP contribution in [0.3, 0.4) is 0 Å². The van der Waals surface area contributed by atoms with Gasteiger partial charge in [0.15, 0.2) is 0 Å². The van der Waals surface area contributed by atoms with Gasteiger partial charge in [-0.2, -0.15) is 10.5 Å². The number of nitriles is 2. The van der Waals surface area contributed by atoms with Crippen molar-refractivity contribution in [3.05, 3.63) is 47.2 Å². The van der Waals surface area contributed by atoms with Crippen molar-refractivity contribution in [3.8, 4) is 12.1 Å². The number of carboxylic acid groups (broad SMARTS) is 1. The Hall–Kier alpha value is -3.05. The standard InChI is InChI=1S/C19H17N3O2/c1-2-7-19(9-15(23)24)8-3-4-14-16-12(10-20)5-6-13(11-21)17(16)22-18(14)19/h2,5-6,22H,1,3-4,7-9H2,(H,23,24). The molecule has 2 aromatic rings. The fraction of sp³-hybridized carbons (Fsp3) is 0.316. The normalized spacial score (nSPS) is 19.2. The van der Waals surface area contributed by atoms with E-state index in [9.17, 15) is 20.4 Å². The molecule has 1 aromatic carbocycles. The number of fused-ring (bicyclic) bond motifs is 3. The smallest absolute Gasteiger partial charge is 0.304 e. The molecule has 3 rings (SSSR count). The number of aromatic nitrogens is 1. The van der Waals surface area contributed by atoms with E-state index in [1.165, 1.54) is 0 Å². The molecule has 1 aromatic heterocycles. The second kappa shape index (κ2) is 5.86. The lowest BCUT2D eigenvalue weighted by Crippen LogP contribution is -2.33. The lowest BCUT2D eigenvalue weighted by molar-refractivity contribution is -0.138. The van der Waals surface area contributed by atoms with E-state index in [1.54, 1.807) is 18.2 Å². The minimum atomic E-state index is -0.857. The molecule has 1 atom stereocenters. The maximum absolute atomic E-state index is 11.5. The van der Waals surface area contributed by atoms with E-state index in [0.717, 1.165) is 35.9 Å². The Morgan fingerprint density at radius 3 is 2.71 bits per heavy atom. The first-order valence-corrected chi connectivity index (χ1v) is 7.87. The number of carbonyl (C=O) groups is 1. The average Bonchev–Trinajstić information content (AvgIpc) is 2.95. The highest BCUT2D eigenvalue weighted by Gasteiger charge is 2.40. The van der Waals surface area contributed by atoms with Crippen molar-refractivity contribution in [1.29, 1.82) is 10.5 Å². The van der Waals surface area contributed by atoms with Gasteiger partial charge < -0.3 is 10.1 Å². The largest absolute Gasteiger partial charge is 0.481 e. The maximum atomic E-state index is 11.5. The number of aryl methyl sites for hydroxylation is 1. The summed E-state index contributed by atoms with van der Waals surface area (Å²) >= 11 is 0. The summed E-state index contributed by atoms with van der Waals surface area (Å²) in [5.74, 6) is -0.857. The number of benzene rings is 1. The number of rotatable bonds is 4. The Balaban J connectivity index is 2.36. The number of nitrogens with one attached hydrogen (secondary N) is 1. The highest BCUT2D eigenvalue weighted by Crippen LogP contribution is 2.46. The van der Waals surface area contributed by atoms with Crippen molar-refractivity contribution in [2.45, 2.75) is 37.5 Å². The summed E-state index contributed by atoms with van der Waals surface area (Å²) in [7, 11) is 0. The molecule has 5 nitrogen and oxygen atoms in total. The van der Waals surface area contributed by atoms with Crippen molar-refractivity contribution in [1.82, 2.24) is 4.98 Å². The zero-order chi connectivity index (χ0) is 17.3. The first-order chi connectivity index (χ1) is 11.6. The highest BCUT2D eigenvalue weighted by molar-refractivity contribution is 5.94. The summed E-state index contributed by atoms with van der Waals surface area (Å²) in [4.78, 5) is 14.8. The van der Waals surface area contributed by atoms with Crippen LogP contribution in [0.4, 0.5) is 0 Å². The minimum Gasteiger partial charge on any atom is -0.481 e. The van der Waals surface area contributed by atoms with Gasteiger partial charge in [0.05, 0.1) is 29.1 Å². The van der Waals surface area contributed by atoms with E-state index >= 15 is 0 Å². The highest BCUT2D eigenvalue weighted by atomic mass is 16.4. The molecule has 1 aliphatic carbocycles. The molecule has 2 N–H and O–H groups in total. The number of H-pyrrole nitrogens is 1. The van der Waals surface area contributed by atoms with Crippen LogP contribution >= 0.6 is 0 Å². The topological polar surface area (TPSA) is 101 Å². The number of aliphatic carboxylic acids is 1. The zero-order valence-electron chi connectivity index (χ0n) is 13.2. The van der Waals surface area contributed by atoms with Crippen molar-refractivity contribution in [3.63, 3.8) is 0 Å². The predicted octanol–water partition coefficient (Wildman–Crippen LogP) is 3.54. The van der Waals surface area contributed by atoms with Crippen molar-refractivity contribution in [2.24, 2.45) is 0 Å². The molecule has 1 heterocycles. The van der Waals surface area contributed by atoms with Crippen molar-refractivity contribution >= 4 is 16.9 Å². The molecule has 120 valence electrons. The predicted molar refractivity (Wildman–Crippen MR) is 89.4 cm³/mol. The molecule has 1 unspecified atom stereocenters. The maximum Gasteiger partial charge on any atom is 0.304 e. The Morgan fingerprint density at radius 1 is 1.38 bits per heavy atom. The van der Waals surface area contributed by atoms with Crippen LogP contribution in [0, 0.1) is 22.7 Å². The molecule has 1 aliphatic rings. The van der Waals surface area contributed by atoms with Gasteiger partial charge in [-0.05, 0) is 43.4 Å². The summed E-state index contributed by atoms with van der Waals surface area (Å²) in [6.07, 6.45) is 4.67. The van der Waals surface area contributed by atoms with Gasteiger partial charge in [0.1, 0.15) is 6.07 Å². The molecule has 0 saturated carbocycles. The first kappa shape index (κ1) is 15.8. The summed E-state index contributed by atoms with van der Waals surface area (Å²) < 4.78 is 0. The van der Waals surface area contributed by atoms with Gasteiger partial charge in [-0.15, -0.1) is 6.58 Å². The fourth-order valence-electron chi connectivity index (χ4n) is 4.01. The van der Waals surface area contributed by atoms with E-state index in [4.69, 9.17) is 0 Å². The summed E-state index contributed by atoms with van der Waals surface area (Å²) in [6.45, 7) is 3.79. The third-order valence-corrected chi connectivity index (χ3v) is 4.94. The molecule has 0 fully saturated rings. The number of hydrogen-bond donors (Lipinski definition) is 2. The molecular weight excluding hydrogens is 302 g/mol. The van der Waals surface area contributed by atoms with Gasteiger partial charge in [-0.25, -0.2) is 0 Å². The van der Waals surface area contributed by atoms with Crippen LogP contribution in [0.5, 0.6) is 0 Å². The molecule has 0 radical (unpaired) electrons. The van der Waals surface area contributed by atoms with Crippen LogP contribution in [-0.2, 0) is 16.6 Å². The van der Waals surface area contributed by atoms with E-state index in [2.05, 4.69) is 23.7 Å². The van der Waals surface area contributed by atoms with Crippen LogP contribution in [0.1, 0.15) is 48.1 Å². The van der Waals surface area contributed by atoms with E-state index in [1.807, 2.05) is 0 Å². The zero-order valence-corrected chi connectivity index (χ0v) is 13.2. The Labute approximate surface area is 139 Å². The lowest BCUT2D eigenvalue weighted by atomic mass is 9.69. The lowest BCUT2D eigenvalue weighted by Gasteiger charge is -2.35. The quantitative estimate of drug-likeness (QED) is 0.842. The fourth-order valence-corrected chi connectivity index (χ4v) is 4.01. The molecule has 0 saturated heterocycles. The van der Waals surface area contributed by atoms with E-state index in [-0.39, 0.29) is 6.42 Å². The van der Waals surface area contributed by atoms with Gasteiger partial charge >= 0.3 is 5.97 Å². The first-order valence-electron chi connectivity index (χ1n) is 7.87. The number of nitrogens with zero attached hydrogens (tertiary/aromatic N) is 2. The minimum absolute atomic E-state index is 0.00259. The number of hydrogen-bond acceptors (Lipinski definition) is 3. The van der Waals surface area contributed by atoms with Gasteiger partial charge in [0.2, 0.25) is 0 Å². The molecule has 0 bridgehead atoms. The molecule has 24 heavy (non-hydrogen) atoms.